The number of hydrogen-bond donors (Lipinski definition) is 1. The fraction of sp³-hybridized carbons (Fsp3) is 0.0435. The molecule has 1 N–H and O–H groups in total. The van der Waals surface area contributed by atoms with E-state index in [1.807, 2.05) is 36.4 Å². The molecule has 0 atom stereocenters. The highest BCUT2D eigenvalue weighted by Crippen LogP contribution is 2.31. The summed E-state index contributed by atoms with van der Waals surface area (Å²) in [4.78, 5) is 13.3. The van der Waals surface area contributed by atoms with E-state index in [4.69, 9.17) is 0 Å². The third-order valence-corrected chi connectivity index (χ3v) is 5.15. The van der Waals surface area contributed by atoms with Gasteiger partial charge in [-0.2, -0.15) is 5.26 Å². The quantitative estimate of drug-likeness (QED) is 0.328. The van der Waals surface area contributed by atoms with Crippen LogP contribution in [0.3, 0.4) is 0 Å². The van der Waals surface area contributed by atoms with Crippen LogP contribution < -0.4 is 5.32 Å². The number of nitriles is 1. The molecule has 0 aliphatic heterocycles. The van der Waals surface area contributed by atoms with Crippen molar-refractivity contribution >= 4 is 23.3 Å². The van der Waals surface area contributed by atoms with E-state index in [0.29, 0.717) is 33.7 Å². The molecule has 2 aromatic heterocycles. The van der Waals surface area contributed by atoms with Gasteiger partial charge >= 0.3 is 0 Å². The molecule has 5 nitrogen and oxygen atoms in total. The van der Waals surface area contributed by atoms with E-state index in [0.717, 1.165) is 5.56 Å². The third-order valence-electron chi connectivity index (χ3n) is 4.23. The SMILES string of the molecule is N#Cc1c(Nc2cccc(F)c2)nc(SCc2ccccc2)nc1-c1cccnc1. The second-order valence-corrected chi connectivity index (χ2v) is 7.28. The number of pyridine rings is 1. The molecule has 4 rings (SSSR count). The van der Waals surface area contributed by atoms with Crippen molar-refractivity contribution < 1.29 is 4.39 Å². The second kappa shape index (κ2) is 9.16. The molecular formula is C23H16FN5S. The summed E-state index contributed by atoms with van der Waals surface area (Å²) in [7, 11) is 0. The van der Waals surface area contributed by atoms with Crippen molar-refractivity contribution in [2.75, 3.05) is 5.32 Å². The summed E-state index contributed by atoms with van der Waals surface area (Å²) in [5.41, 5.74) is 3.10. The van der Waals surface area contributed by atoms with Gasteiger partial charge < -0.3 is 5.32 Å². The lowest BCUT2D eigenvalue weighted by molar-refractivity contribution is 0.628. The first-order valence-electron chi connectivity index (χ1n) is 9.15. The largest absolute Gasteiger partial charge is 0.339 e. The molecule has 0 aliphatic carbocycles. The van der Waals surface area contributed by atoms with Crippen LogP contribution in [0.2, 0.25) is 0 Å². The van der Waals surface area contributed by atoms with Crippen molar-refractivity contribution in [2.45, 2.75) is 10.9 Å². The molecule has 0 unspecified atom stereocenters. The Kier molecular flexibility index (Phi) is 5.97. The predicted molar refractivity (Wildman–Crippen MR) is 116 cm³/mol. The lowest BCUT2D eigenvalue weighted by atomic mass is 10.1. The van der Waals surface area contributed by atoms with Gasteiger partial charge in [0.25, 0.3) is 0 Å². The van der Waals surface area contributed by atoms with Crippen LogP contribution >= 0.6 is 11.8 Å². The third kappa shape index (κ3) is 4.62. The van der Waals surface area contributed by atoms with Crippen molar-refractivity contribution in [1.29, 1.82) is 5.26 Å². The summed E-state index contributed by atoms with van der Waals surface area (Å²) < 4.78 is 13.6. The number of benzene rings is 2. The monoisotopic (exact) mass is 413 g/mol. The van der Waals surface area contributed by atoms with Crippen LogP contribution in [0.5, 0.6) is 0 Å². The van der Waals surface area contributed by atoms with Crippen LogP contribution in [0.15, 0.2) is 84.3 Å². The van der Waals surface area contributed by atoms with Gasteiger partial charge in [0.2, 0.25) is 0 Å². The van der Waals surface area contributed by atoms with E-state index in [-0.39, 0.29) is 11.4 Å². The van der Waals surface area contributed by atoms with Crippen LogP contribution in [-0.2, 0) is 5.75 Å². The minimum atomic E-state index is -0.376. The molecule has 30 heavy (non-hydrogen) atoms. The van der Waals surface area contributed by atoms with Crippen molar-refractivity contribution in [3.8, 4) is 17.3 Å². The Morgan fingerprint density at radius 2 is 1.87 bits per heavy atom. The van der Waals surface area contributed by atoms with E-state index in [9.17, 15) is 9.65 Å². The Morgan fingerprint density at radius 1 is 1.00 bits per heavy atom. The highest BCUT2D eigenvalue weighted by molar-refractivity contribution is 7.98. The molecule has 2 heterocycles. The smallest absolute Gasteiger partial charge is 0.190 e. The first kappa shape index (κ1) is 19.6. The number of nitrogens with one attached hydrogen (secondary N) is 1. The number of hydrogen-bond acceptors (Lipinski definition) is 6. The molecule has 0 aliphatic rings. The van der Waals surface area contributed by atoms with Gasteiger partial charge in [-0.3, -0.25) is 4.98 Å². The molecule has 0 fully saturated rings. The topological polar surface area (TPSA) is 74.5 Å². The lowest BCUT2D eigenvalue weighted by Crippen LogP contribution is -2.04. The van der Waals surface area contributed by atoms with Crippen molar-refractivity contribution in [3.05, 3.63) is 96.1 Å². The summed E-state index contributed by atoms with van der Waals surface area (Å²) in [6.45, 7) is 0. The summed E-state index contributed by atoms with van der Waals surface area (Å²) in [5, 5.41) is 13.4. The van der Waals surface area contributed by atoms with Gasteiger partial charge in [0.15, 0.2) is 11.0 Å². The van der Waals surface area contributed by atoms with Gasteiger partial charge in [-0.1, -0.05) is 48.2 Å². The van der Waals surface area contributed by atoms with E-state index in [2.05, 4.69) is 26.3 Å². The van der Waals surface area contributed by atoms with Crippen LogP contribution in [0, 0.1) is 17.1 Å². The molecule has 0 bridgehead atoms. The Morgan fingerprint density at radius 3 is 2.60 bits per heavy atom. The average molecular weight is 413 g/mol. The summed E-state index contributed by atoms with van der Waals surface area (Å²) in [5.74, 6) is 0.629. The van der Waals surface area contributed by atoms with Gasteiger partial charge in [0, 0.05) is 29.4 Å². The van der Waals surface area contributed by atoms with E-state index >= 15 is 0 Å². The zero-order valence-electron chi connectivity index (χ0n) is 15.8. The highest BCUT2D eigenvalue weighted by atomic mass is 32.2. The maximum atomic E-state index is 13.6. The molecule has 2 aromatic carbocycles. The summed E-state index contributed by atoms with van der Waals surface area (Å²) >= 11 is 1.46. The van der Waals surface area contributed by atoms with Crippen LogP contribution in [0.25, 0.3) is 11.3 Å². The standard InChI is InChI=1S/C23H16FN5S/c24-18-9-4-10-19(12-18)27-22-20(13-25)21(17-8-5-11-26-14-17)28-23(29-22)30-15-16-6-2-1-3-7-16/h1-12,14H,15H2,(H,27,28,29). The maximum Gasteiger partial charge on any atom is 0.190 e. The molecule has 0 spiro atoms. The summed E-state index contributed by atoms with van der Waals surface area (Å²) in [6.07, 6.45) is 3.31. The van der Waals surface area contributed by atoms with Crippen LogP contribution in [-0.4, -0.2) is 15.0 Å². The fourth-order valence-electron chi connectivity index (χ4n) is 2.84. The Labute approximate surface area is 177 Å². The van der Waals surface area contributed by atoms with Gasteiger partial charge in [-0.15, -0.1) is 0 Å². The van der Waals surface area contributed by atoms with Crippen molar-refractivity contribution in [1.82, 2.24) is 15.0 Å². The number of rotatable bonds is 6. The number of nitrogens with zero attached hydrogens (tertiary/aromatic N) is 4. The van der Waals surface area contributed by atoms with Gasteiger partial charge in [0.1, 0.15) is 17.4 Å². The molecule has 7 heteroatoms. The number of anilines is 2. The van der Waals surface area contributed by atoms with Crippen LogP contribution in [0.1, 0.15) is 11.1 Å². The first-order valence-corrected chi connectivity index (χ1v) is 10.1. The van der Waals surface area contributed by atoms with Gasteiger partial charge in [0.05, 0.1) is 5.69 Å². The molecule has 0 saturated heterocycles. The van der Waals surface area contributed by atoms with E-state index in [1.165, 1.54) is 23.9 Å². The highest BCUT2D eigenvalue weighted by Gasteiger charge is 2.17. The minimum absolute atomic E-state index is 0.274. The molecule has 146 valence electrons. The van der Waals surface area contributed by atoms with E-state index in [1.54, 1.807) is 30.6 Å². The van der Waals surface area contributed by atoms with Crippen molar-refractivity contribution in [2.24, 2.45) is 0 Å². The number of thioether (sulfide) groups is 1. The summed E-state index contributed by atoms with van der Waals surface area (Å²) in [6, 6.07) is 21.8. The Hall–Kier alpha value is -3.76. The minimum Gasteiger partial charge on any atom is -0.339 e. The Balaban J connectivity index is 1.75. The molecule has 0 radical (unpaired) electrons. The zero-order valence-corrected chi connectivity index (χ0v) is 16.6. The predicted octanol–water partition coefficient (Wildman–Crippen LogP) is 5.59. The molecule has 0 saturated carbocycles. The molecular weight excluding hydrogens is 397 g/mol. The number of halogens is 1. The number of aromatic nitrogens is 3. The zero-order chi connectivity index (χ0) is 20.8. The van der Waals surface area contributed by atoms with E-state index < -0.39 is 0 Å². The average Bonchev–Trinajstić information content (AvgIpc) is 2.79. The molecule has 0 amide bonds. The normalized spacial score (nSPS) is 10.4. The second-order valence-electron chi connectivity index (χ2n) is 6.34. The first-order chi connectivity index (χ1) is 14.7. The molecule has 4 aromatic rings. The van der Waals surface area contributed by atoms with Gasteiger partial charge in [-0.05, 0) is 35.9 Å². The maximum absolute atomic E-state index is 13.6. The fourth-order valence-corrected chi connectivity index (χ4v) is 3.64. The Bertz CT molecular complexity index is 1190. The van der Waals surface area contributed by atoms with Crippen LogP contribution in [0.4, 0.5) is 15.9 Å². The van der Waals surface area contributed by atoms with Gasteiger partial charge in [-0.25, -0.2) is 14.4 Å². The van der Waals surface area contributed by atoms with Crippen molar-refractivity contribution in [3.63, 3.8) is 0 Å². The lowest BCUT2D eigenvalue weighted by Gasteiger charge is -2.13.